The molecule has 1 atom stereocenters. The summed E-state index contributed by atoms with van der Waals surface area (Å²) in [6.07, 6.45) is 5.45. The lowest BCUT2D eigenvalue weighted by atomic mass is 9.97. The molecule has 0 unspecified atom stereocenters. The molecule has 0 amide bonds. The van der Waals surface area contributed by atoms with Gasteiger partial charge in [-0.3, -0.25) is 0 Å². The Balaban J connectivity index is 1.62. The Kier molecular flexibility index (Phi) is 9.29. The molecule has 0 bridgehead atoms. The van der Waals surface area contributed by atoms with Crippen LogP contribution in [-0.2, 0) is 15.6 Å². The van der Waals surface area contributed by atoms with E-state index in [0.717, 1.165) is 39.7 Å². The maximum Gasteiger partial charge on any atom is 0.338 e. The van der Waals surface area contributed by atoms with Gasteiger partial charge in [0.05, 0.1) is 30.0 Å². The van der Waals surface area contributed by atoms with Crippen LogP contribution in [0.4, 0.5) is 0 Å². The molecule has 0 saturated carbocycles. The second-order valence-electron chi connectivity index (χ2n) is 11.6. The van der Waals surface area contributed by atoms with Gasteiger partial charge in [-0.25, -0.2) is 9.78 Å². The summed E-state index contributed by atoms with van der Waals surface area (Å²) < 4.78 is 12.0. The Morgan fingerprint density at radius 2 is 1.73 bits per heavy atom. The molecule has 208 valence electrons. The number of esters is 1. The Hall–Kier alpha value is -3.25. The van der Waals surface area contributed by atoms with E-state index < -0.39 is 8.32 Å². The first kappa shape index (κ1) is 29.7. The van der Waals surface area contributed by atoms with Gasteiger partial charge in [-0.2, -0.15) is 0 Å². The molecule has 4 nitrogen and oxygen atoms in total. The summed E-state index contributed by atoms with van der Waals surface area (Å²) in [4.78, 5) is 17.1. The molecule has 1 heterocycles. The molecule has 4 rings (SSSR count). The van der Waals surface area contributed by atoms with E-state index >= 15 is 0 Å². The number of aryl methyl sites for hydroxylation is 1. The number of benzene rings is 3. The van der Waals surface area contributed by atoms with Crippen molar-refractivity contribution in [3.05, 3.63) is 112 Å². The number of ether oxygens (including phenoxy) is 1. The third-order valence-corrected chi connectivity index (χ3v) is 12.5. The van der Waals surface area contributed by atoms with Crippen molar-refractivity contribution >= 4 is 48.9 Å². The van der Waals surface area contributed by atoms with Gasteiger partial charge in [-0.1, -0.05) is 87.0 Å². The van der Waals surface area contributed by atoms with Crippen molar-refractivity contribution in [1.29, 1.82) is 0 Å². The van der Waals surface area contributed by atoms with Crippen LogP contribution in [0.3, 0.4) is 0 Å². The van der Waals surface area contributed by atoms with E-state index in [4.69, 9.17) is 25.7 Å². The molecule has 0 aliphatic heterocycles. The molecular weight excluding hydrogens is 534 g/mol. The summed E-state index contributed by atoms with van der Waals surface area (Å²) in [5.41, 5.74) is 5.52. The van der Waals surface area contributed by atoms with Crippen LogP contribution in [0, 0.1) is 0 Å². The average molecular weight is 572 g/mol. The highest BCUT2D eigenvalue weighted by Crippen LogP contribution is 2.41. The lowest BCUT2D eigenvalue weighted by Crippen LogP contribution is -2.42. The van der Waals surface area contributed by atoms with Gasteiger partial charge < -0.3 is 9.16 Å². The number of carbonyl (C=O) groups is 1. The molecule has 6 heteroatoms. The summed E-state index contributed by atoms with van der Waals surface area (Å²) in [6, 6.07) is 26.0. The molecule has 0 fully saturated rings. The Bertz CT molecular complexity index is 1520. The van der Waals surface area contributed by atoms with Crippen LogP contribution >= 0.6 is 11.6 Å². The van der Waals surface area contributed by atoms with Crippen LogP contribution in [-0.4, -0.2) is 26.4 Å². The standard InChI is InChI=1S/C34H38ClNO3Si/c1-34(2,3)40(5,6)39-32(21-17-25-11-7-8-13-30(25)33(37)38-4)27-12-9-10-24(22-27)14-19-29-20-16-26-15-18-28(35)23-31(26)36-29/h7-16,18-20,22-23,32H,17,21H2,1-6H3/b19-14+/t32-/m0/s1. The summed E-state index contributed by atoms with van der Waals surface area (Å²) >= 11 is 6.17. The van der Waals surface area contributed by atoms with Crippen LogP contribution < -0.4 is 0 Å². The fourth-order valence-electron chi connectivity index (χ4n) is 4.40. The van der Waals surface area contributed by atoms with Gasteiger partial charge in [0.15, 0.2) is 8.32 Å². The zero-order chi connectivity index (χ0) is 28.9. The maximum atomic E-state index is 12.4. The number of rotatable bonds is 9. The fraction of sp³-hybridized carbons (Fsp3) is 0.294. The normalized spacial score (nSPS) is 13.1. The predicted octanol–water partition coefficient (Wildman–Crippen LogP) is 9.54. The van der Waals surface area contributed by atoms with E-state index in [0.29, 0.717) is 17.0 Å². The van der Waals surface area contributed by atoms with Gasteiger partial charge in [0.1, 0.15) is 0 Å². The zero-order valence-electron chi connectivity index (χ0n) is 24.2. The van der Waals surface area contributed by atoms with E-state index in [-0.39, 0.29) is 17.1 Å². The second kappa shape index (κ2) is 12.5. The number of fused-ring (bicyclic) bond motifs is 1. The highest BCUT2D eigenvalue weighted by molar-refractivity contribution is 6.74. The maximum absolute atomic E-state index is 12.4. The van der Waals surface area contributed by atoms with Crippen molar-refractivity contribution in [2.24, 2.45) is 0 Å². The number of carbonyl (C=O) groups excluding carboxylic acids is 1. The molecule has 3 aromatic carbocycles. The lowest BCUT2D eigenvalue weighted by Gasteiger charge is -2.39. The summed E-state index contributed by atoms with van der Waals surface area (Å²) in [5.74, 6) is -0.311. The molecule has 0 aliphatic carbocycles. The van der Waals surface area contributed by atoms with Crippen molar-refractivity contribution in [2.75, 3.05) is 7.11 Å². The van der Waals surface area contributed by atoms with Gasteiger partial charge in [0, 0.05) is 10.4 Å². The monoisotopic (exact) mass is 571 g/mol. The molecule has 4 aromatic rings. The molecule has 0 radical (unpaired) electrons. The quantitative estimate of drug-likeness (QED) is 0.148. The van der Waals surface area contributed by atoms with Crippen LogP contribution in [0.15, 0.2) is 78.9 Å². The fourth-order valence-corrected chi connectivity index (χ4v) is 5.89. The number of nitrogens with zero attached hydrogens (tertiary/aromatic N) is 1. The van der Waals surface area contributed by atoms with Crippen LogP contribution in [0.5, 0.6) is 0 Å². The minimum Gasteiger partial charge on any atom is -0.465 e. The molecule has 40 heavy (non-hydrogen) atoms. The number of hydrogen-bond acceptors (Lipinski definition) is 4. The summed E-state index contributed by atoms with van der Waals surface area (Å²) in [5, 5.41) is 1.80. The molecule has 0 N–H and O–H groups in total. The van der Waals surface area contributed by atoms with Crippen molar-refractivity contribution in [1.82, 2.24) is 4.98 Å². The summed E-state index contributed by atoms with van der Waals surface area (Å²) in [7, 11) is -0.660. The molecule has 1 aromatic heterocycles. The number of halogens is 1. The van der Waals surface area contributed by atoms with Crippen molar-refractivity contribution in [2.45, 2.75) is 57.8 Å². The van der Waals surface area contributed by atoms with Crippen LogP contribution in [0.2, 0.25) is 23.2 Å². The van der Waals surface area contributed by atoms with Crippen molar-refractivity contribution < 1.29 is 14.0 Å². The lowest BCUT2D eigenvalue weighted by molar-refractivity contribution is 0.0599. The first-order valence-electron chi connectivity index (χ1n) is 13.7. The van der Waals surface area contributed by atoms with E-state index in [1.165, 1.54) is 7.11 Å². The molecule has 0 saturated heterocycles. The van der Waals surface area contributed by atoms with E-state index in [9.17, 15) is 4.79 Å². The first-order valence-corrected chi connectivity index (χ1v) is 16.9. The van der Waals surface area contributed by atoms with E-state index in [1.807, 2.05) is 54.6 Å². The third-order valence-electron chi connectivity index (χ3n) is 7.75. The largest absolute Gasteiger partial charge is 0.465 e. The minimum atomic E-state index is -2.08. The average Bonchev–Trinajstić information content (AvgIpc) is 2.93. The minimum absolute atomic E-state index is 0.0668. The van der Waals surface area contributed by atoms with E-state index in [2.05, 4.69) is 70.3 Å². The van der Waals surface area contributed by atoms with Crippen LogP contribution in [0.1, 0.15) is 66.0 Å². The van der Waals surface area contributed by atoms with Crippen molar-refractivity contribution in [3.8, 4) is 0 Å². The Morgan fingerprint density at radius 1 is 0.975 bits per heavy atom. The SMILES string of the molecule is COC(=O)c1ccccc1CC[C@H](O[Si](C)(C)C(C)(C)C)c1cccc(/C=C/c2ccc3ccc(Cl)cc3n2)c1. The van der Waals surface area contributed by atoms with Gasteiger partial charge in [-0.15, -0.1) is 0 Å². The highest BCUT2D eigenvalue weighted by Gasteiger charge is 2.39. The first-order chi connectivity index (χ1) is 19.0. The highest BCUT2D eigenvalue weighted by atomic mass is 35.5. The van der Waals surface area contributed by atoms with E-state index in [1.54, 1.807) is 0 Å². The smallest absolute Gasteiger partial charge is 0.338 e. The molecular formula is C34H38ClNO3Si. The summed E-state index contributed by atoms with van der Waals surface area (Å²) in [6.45, 7) is 11.3. The topological polar surface area (TPSA) is 48.4 Å². The predicted molar refractivity (Wildman–Crippen MR) is 169 cm³/mol. The van der Waals surface area contributed by atoms with Gasteiger partial charge in [0.25, 0.3) is 0 Å². The number of aromatic nitrogens is 1. The van der Waals surface area contributed by atoms with Gasteiger partial charge in [-0.05, 0) is 84.1 Å². The Labute approximate surface area is 244 Å². The zero-order valence-corrected chi connectivity index (χ0v) is 26.0. The number of methoxy groups -OCH3 is 1. The Morgan fingerprint density at radius 3 is 2.48 bits per heavy atom. The van der Waals surface area contributed by atoms with Gasteiger partial charge in [0.2, 0.25) is 0 Å². The number of pyridine rings is 1. The third kappa shape index (κ3) is 7.28. The molecule has 0 spiro atoms. The number of hydrogen-bond donors (Lipinski definition) is 0. The van der Waals surface area contributed by atoms with Gasteiger partial charge >= 0.3 is 5.97 Å². The van der Waals surface area contributed by atoms with Crippen LogP contribution in [0.25, 0.3) is 23.1 Å². The second-order valence-corrected chi connectivity index (χ2v) is 16.8. The van der Waals surface area contributed by atoms with Crippen molar-refractivity contribution in [3.63, 3.8) is 0 Å². The molecule has 0 aliphatic rings.